The van der Waals surface area contributed by atoms with Crippen molar-refractivity contribution in [1.82, 2.24) is 15.3 Å². The summed E-state index contributed by atoms with van der Waals surface area (Å²) in [5.74, 6) is 2.86. The molecule has 4 aliphatic carbocycles. The molecule has 0 radical (unpaired) electrons. The van der Waals surface area contributed by atoms with Crippen LogP contribution in [0, 0.1) is 17.8 Å². The third-order valence-corrected chi connectivity index (χ3v) is 7.85. The molecule has 0 saturated heterocycles. The van der Waals surface area contributed by atoms with Crippen LogP contribution in [0.5, 0.6) is 5.75 Å². The molecule has 0 aliphatic heterocycles. The van der Waals surface area contributed by atoms with Crippen LogP contribution in [-0.4, -0.2) is 32.1 Å². The second-order valence-corrected chi connectivity index (χ2v) is 11.2. The van der Waals surface area contributed by atoms with Crippen LogP contribution < -0.4 is 11.1 Å². The van der Waals surface area contributed by atoms with Gasteiger partial charge in [0.15, 0.2) is 0 Å². The first-order valence-corrected chi connectivity index (χ1v) is 12.1. The number of aryl methyl sites for hydroxylation is 1. The minimum Gasteiger partial charge on any atom is -0.506 e. The molecule has 6 heteroatoms. The van der Waals surface area contributed by atoms with E-state index < -0.39 is 0 Å². The van der Waals surface area contributed by atoms with Gasteiger partial charge in [-0.1, -0.05) is 26.7 Å². The monoisotopic (exact) mass is 424 g/mol. The van der Waals surface area contributed by atoms with E-state index in [9.17, 15) is 9.90 Å². The van der Waals surface area contributed by atoms with Crippen molar-refractivity contribution in [2.75, 3.05) is 0 Å². The van der Waals surface area contributed by atoms with Crippen molar-refractivity contribution in [3.05, 3.63) is 23.5 Å². The van der Waals surface area contributed by atoms with Crippen molar-refractivity contribution in [1.29, 1.82) is 0 Å². The van der Waals surface area contributed by atoms with Crippen molar-refractivity contribution >= 4 is 16.9 Å². The quantitative estimate of drug-likeness (QED) is 0.494. The van der Waals surface area contributed by atoms with E-state index in [4.69, 9.17) is 10.7 Å². The topological polar surface area (TPSA) is 104 Å². The number of nitrogens with two attached hydrogens (primary N) is 1. The van der Waals surface area contributed by atoms with Crippen molar-refractivity contribution in [3.8, 4) is 5.75 Å². The molecule has 168 valence electrons. The van der Waals surface area contributed by atoms with Gasteiger partial charge in [-0.3, -0.25) is 4.79 Å². The van der Waals surface area contributed by atoms with E-state index in [2.05, 4.69) is 24.1 Å². The number of carbonyl (C=O) groups is 1. The molecule has 6 rings (SSSR count). The van der Waals surface area contributed by atoms with Gasteiger partial charge in [0.1, 0.15) is 22.6 Å². The summed E-state index contributed by atoms with van der Waals surface area (Å²) in [4.78, 5) is 21.4. The summed E-state index contributed by atoms with van der Waals surface area (Å²) in [7, 11) is 0. The zero-order valence-electron chi connectivity index (χ0n) is 18.8. The maximum absolute atomic E-state index is 13.4. The molecule has 5 N–H and O–H groups in total. The van der Waals surface area contributed by atoms with Gasteiger partial charge < -0.3 is 21.1 Å². The Bertz CT molecular complexity index is 981. The number of aromatic nitrogens is 2. The predicted molar refractivity (Wildman–Crippen MR) is 122 cm³/mol. The number of H-pyrrole nitrogens is 1. The predicted octanol–water partition coefficient (Wildman–Crippen LogP) is 4.42. The Morgan fingerprint density at radius 2 is 2.00 bits per heavy atom. The first-order chi connectivity index (χ1) is 14.7. The minimum atomic E-state index is -0.184. The highest BCUT2D eigenvalue weighted by Gasteiger charge is 2.56. The van der Waals surface area contributed by atoms with Crippen molar-refractivity contribution in [2.45, 2.75) is 89.1 Å². The highest BCUT2D eigenvalue weighted by Crippen LogP contribution is 2.56. The molecule has 1 aromatic carbocycles. The fourth-order valence-corrected chi connectivity index (χ4v) is 7.06. The van der Waals surface area contributed by atoms with Crippen LogP contribution >= 0.6 is 0 Å². The number of nitrogens with one attached hydrogen (secondary N) is 2. The lowest BCUT2D eigenvalue weighted by Crippen LogP contribution is -2.68. The number of fused-ring (bicyclic) bond motifs is 1. The molecule has 2 atom stereocenters. The minimum absolute atomic E-state index is 0.0894. The average Bonchev–Trinajstić information content (AvgIpc) is 3.07. The zero-order valence-corrected chi connectivity index (χ0v) is 18.8. The number of rotatable bonds is 7. The molecular formula is C25H36N4O2. The summed E-state index contributed by atoms with van der Waals surface area (Å²) < 4.78 is 0. The Morgan fingerprint density at radius 3 is 2.68 bits per heavy atom. The molecule has 4 saturated carbocycles. The van der Waals surface area contributed by atoms with E-state index in [0.29, 0.717) is 34.4 Å². The molecule has 4 fully saturated rings. The van der Waals surface area contributed by atoms with Crippen LogP contribution in [0.1, 0.15) is 87.8 Å². The molecule has 1 amide bonds. The van der Waals surface area contributed by atoms with E-state index in [-0.39, 0.29) is 22.7 Å². The van der Waals surface area contributed by atoms with E-state index in [1.165, 1.54) is 12.8 Å². The molecule has 0 spiro atoms. The van der Waals surface area contributed by atoms with E-state index in [1.54, 1.807) is 12.1 Å². The van der Waals surface area contributed by atoms with E-state index >= 15 is 0 Å². The Balaban J connectivity index is 1.36. The van der Waals surface area contributed by atoms with Crippen LogP contribution in [-0.2, 0) is 6.42 Å². The third kappa shape index (κ3) is 3.95. The number of phenolic OH excluding ortho intramolecular Hbond substituents is 1. The van der Waals surface area contributed by atoms with E-state index in [0.717, 1.165) is 57.2 Å². The highest BCUT2D eigenvalue weighted by atomic mass is 16.3. The second-order valence-electron chi connectivity index (χ2n) is 11.2. The number of aromatic amines is 1. The van der Waals surface area contributed by atoms with Crippen molar-refractivity contribution in [2.24, 2.45) is 23.5 Å². The Labute approximate surface area is 184 Å². The van der Waals surface area contributed by atoms with Gasteiger partial charge >= 0.3 is 0 Å². The van der Waals surface area contributed by atoms with Gasteiger partial charge in [-0.05, 0) is 74.8 Å². The van der Waals surface area contributed by atoms with Gasteiger partial charge in [-0.15, -0.1) is 0 Å². The van der Waals surface area contributed by atoms with Crippen molar-refractivity contribution in [3.63, 3.8) is 0 Å². The lowest BCUT2D eigenvalue weighted by atomic mass is 9.50. The number of carbonyl (C=O) groups excluding carboxylic acids is 1. The summed E-state index contributed by atoms with van der Waals surface area (Å²) in [5, 5.41) is 13.7. The molecule has 2 unspecified atom stereocenters. The van der Waals surface area contributed by atoms with Crippen LogP contribution in [0.3, 0.4) is 0 Å². The maximum Gasteiger partial charge on any atom is 0.253 e. The summed E-state index contributed by atoms with van der Waals surface area (Å²) in [5.41, 5.74) is 8.09. The van der Waals surface area contributed by atoms with E-state index in [1.807, 2.05) is 0 Å². The SMILES string of the molecule is CC(C)CCCCc1nc2c(C(=O)NC34CC5CC(CC(N)(C5)C3)C4)ccc(O)c2[nH]1. The van der Waals surface area contributed by atoms with Crippen LogP contribution in [0.15, 0.2) is 12.1 Å². The second kappa shape index (κ2) is 7.51. The van der Waals surface area contributed by atoms with Gasteiger partial charge in [-0.2, -0.15) is 0 Å². The zero-order chi connectivity index (χ0) is 21.8. The molecule has 6 nitrogen and oxygen atoms in total. The summed E-state index contributed by atoms with van der Waals surface area (Å²) >= 11 is 0. The fraction of sp³-hybridized carbons (Fsp3) is 0.680. The van der Waals surface area contributed by atoms with Crippen LogP contribution in [0.4, 0.5) is 0 Å². The summed E-state index contributed by atoms with van der Waals surface area (Å²) in [6.07, 6.45) is 10.6. The molecule has 4 bridgehead atoms. The maximum atomic E-state index is 13.4. The van der Waals surface area contributed by atoms with Gasteiger partial charge in [-0.25, -0.2) is 4.98 Å². The Kier molecular flexibility index (Phi) is 5.04. The third-order valence-electron chi connectivity index (χ3n) is 7.85. The fourth-order valence-electron chi connectivity index (χ4n) is 7.06. The normalized spacial score (nSPS) is 31.6. The summed E-state index contributed by atoms with van der Waals surface area (Å²) in [6.45, 7) is 4.47. The largest absolute Gasteiger partial charge is 0.506 e. The molecule has 2 aromatic rings. The first kappa shape index (κ1) is 20.8. The van der Waals surface area contributed by atoms with Gasteiger partial charge in [0.05, 0.1) is 5.56 Å². The Hall–Kier alpha value is -2.08. The molecular weight excluding hydrogens is 388 g/mol. The average molecular weight is 425 g/mol. The number of amides is 1. The molecule has 1 heterocycles. The number of phenols is 1. The smallest absolute Gasteiger partial charge is 0.253 e. The van der Waals surface area contributed by atoms with Gasteiger partial charge in [0.2, 0.25) is 0 Å². The summed E-state index contributed by atoms with van der Waals surface area (Å²) in [6, 6.07) is 3.30. The number of hydrogen-bond acceptors (Lipinski definition) is 4. The lowest BCUT2D eigenvalue weighted by molar-refractivity contribution is -0.0320. The van der Waals surface area contributed by atoms with Gasteiger partial charge in [0.25, 0.3) is 5.91 Å². The number of aromatic hydroxyl groups is 1. The van der Waals surface area contributed by atoms with Crippen LogP contribution in [0.2, 0.25) is 0 Å². The molecule has 31 heavy (non-hydrogen) atoms. The first-order valence-electron chi connectivity index (χ1n) is 12.1. The number of benzene rings is 1. The highest BCUT2D eigenvalue weighted by molar-refractivity contribution is 6.06. The number of unbranched alkanes of at least 4 members (excludes halogenated alkanes) is 1. The molecule has 1 aromatic heterocycles. The number of hydrogen-bond donors (Lipinski definition) is 4. The lowest BCUT2D eigenvalue weighted by Gasteiger charge is -2.61. The van der Waals surface area contributed by atoms with Crippen LogP contribution in [0.25, 0.3) is 11.0 Å². The number of imidazole rings is 1. The Morgan fingerprint density at radius 1 is 1.26 bits per heavy atom. The standard InChI is InChI=1S/C25H36N4O2/c1-15(2)5-3-4-6-20-27-21-18(7-8-19(30)22(21)28-20)23(31)29-25-12-16-9-17(13-25)11-24(26,10-16)14-25/h7-8,15-17,30H,3-6,9-14,26H2,1-2H3,(H,27,28)(H,29,31). The van der Waals surface area contributed by atoms with Crippen molar-refractivity contribution < 1.29 is 9.90 Å². The molecule has 4 aliphatic rings. The van der Waals surface area contributed by atoms with Gasteiger partial charge in [0, 0.05) is 17.5 Å². The number of nitrogens with zero attached hydrogens (tertiary/aromatic N) is 1.